The maximum absolute atomic E-state index is 6.24. The molecule has 0 aromatic carbocycles. The van der Waals surface area contributed by atoms with E-state index in [0.29, 0.717) is 5.92 Å². The quantitative estimate of drug-likeness (QED) is 0.540. The molecular weight excluding hydrogens is 216 g/mol. The van der Waals surface area contributed by atoms with Gasteiger partial charge in [-0.05, 0) is 44.8 Å². The van der Waals surface area contributed by atoms with E-state index in [1.807, 2.05) is 6.08 Å². The van der Waals surface area contributed by atoms with Gasteiger partial charge in [-0.1, -0.05) is 6.08 Å². The molecule has 1 aliphatic carbocycles. The predicted octanol–water partition coefficient (Wildman–Crippen LogP) is 3.56. The molecule has 0 amide bonds. The summed E-state index contributed by atoms with van der Waals surface area (Å²) in [6.07, 6.45) is 6.74. The Bertz CT molecular complexity index is 272. The lowest BCUT2D eigenvalue weighted by atomic mass is 9.93. The molecule has 1 aliphatic heterocycles. The first-order valence-corrected chi connectivity index (χ1v) is 9.83. The Morgan fingerprint density at radius 2 is 2.25 bits per heavy atom. The second-order valence-electron chi connectivity index (χ2n) is 6.10. The van der Waals surface area contributed by atoms with Gasteiger partial charge in [0.15, 0.2) is 14.1 Å². The van der Waals surface area contributed by atoms with Crippen LogP contribution in [-0.2, 0) is 9.16 Å². The number of ether oxygens (including phenoxy) is 1. The molecule has 92 valence electrons. The summed E-state index contributed by atoms with van der Waals surface area (Å²) in [5.74, 6) is 1.28. The number of allylic oxidation sites excluding steroid dienone is 1. The molecule has 1 saturated heterocycles. The van der Waals surface area contributed by atoms with Gasteiger partial charge in [0.25, 0.3) is 0 Å². The van der Waals surface area contributed by atoms with Crippen molar-refractivity contribution in [3.8, 4) is 0 Å². The van der Waals surface area contributed by atoms with Crippen LogP contribution in [0.3, 0.4) is 0 Å². The fourth-order valence-electron chi connectivity index (χ4n) is 2.87. The Morgan fingerprint density at radius 1 is 1.50 bits per heavy atom. The summed E-state index contributed by atoms with van der Waals surface area (Å²) in [5, 5.41) is 0. The first kappa shape index (κ1) is 12.3. The molecule has 2 nitrogen and oxygen atoms in total. The fraction of sp³-hybridized carbons (Fsp3) is 0.846. The minimum atomic E-state index is -1.48. The number of rotatable bonds is 5. The first-order valence-electron chi connectivity index (χ1n) is 6.42. The molecule has 3 atom stereocenters. The van der Waals surface area contributed by atoms with Gasteiger partial charge in [0.2, 0.25) is 0 Å². The van der Waals surface area contributed by atoms with Crippen LogP contribution in [0.4, 0.5) is 0 Å². The van der Waals surface area contributed by atoms with Gasteiger partial charge in [0.1, 0.15) is 0 Å². The monoisotopic (exact) mass is 240 g/mol. The highest BCUT2D eigenvalue weighted by Crippen LogP contribution is 2.58. The van der Waals surface area contributed by atoms with E-state index in [1.165, 1.54) is 12.8 Å². The SMILES string of the molecule is C=CCCC1CCOC2(O[Si](C)(C)C)CC12. The van der Waals surface area contributed by atoms with Gasteiger partial charge in [0.05, 0.1) is 6.61 Å². The van der Waals surface area contributed by atoms with Gasteiger partial charge in [-0.25, -0.2) is 0 Å². The van der Waals surface area contributed by atoms with E-state index in [4.69, 9.17) is 9.16 Å². The third-order valence-corrected chi connectivity index (χ3v) is 4.49. The number of hydrogen-bond donors (Lipinski definition) is 0. The van der Waals surface area contributed by atoms with E-state index >= 15 is 0 Å². The molecule has 0 aromatic rings. The Balaban J connectivity index is 1.93. The number of fused-ring (bicyclic) bond motifs is 1. The van der Waals surface area contributed by atoms with Crippen LogP contribution in [0.5, 0.6) is 0 Å². The Morgan fingerprint density at radius 3 is 2.88 bits per heavy atom. The summed E-state index contributed by atoms with van der Waals surface area (Å²) in [7, 11) is -1.48. The van der Waals surface area contributed by atoms with E-state index < -0.39 is 8.32 Å². The summed E-state index contributed by atoms with van der Waals surface area (Å²) in [4.78, 5) is 0. The van der Waals surface area contributed by atoms with Crippen LogP contribution in [0, 0.1) is 11.8 Å². The summed E-state index contributed by atoms with van der Waals surface area (Å²) in [6, 6.07) is 0. The van der Waals surface area contributed by atoms with Crippen LogP contribution in [0.2, 0.25) is 19.6 Å². The maximum Gasteiger partial charge on any atom is 0.187 e. The predicted molar refractivity (Wildman–Crippen MR) is 68.8 cm³/mol. The smallest absolute Gasteiger partial charge is 0.187 e. The largest absolute Gasteiger partial charge is 0.391 e. The average Bonchev–Trinajstić information content (AvgIpc) is 2.85. The highest BCUT2D eigenvalue weighted by molar-refractivity contribution is 6.69. The van der Waals surface area contributed by atoms with Crippen LogP contribution in [0.1, 0.15) is 25.7 Å². The number of hydrogen-bond acceptors (Lipinski definition) is 2. The third kappa shape index (κ3) is 2.58. The van der Waals surface area contributed by atoms with Crippen molar-refractivity contribution in [1.82, 2.24) is 0 Å². The normalized spacial score (nSPS) is 37.9. The standard InChI is InChI=1S/C13H24O2Si/c1-5-6-7-11-8-9-14-13(10-12(11)13)15-16(2,3)4/h5,11-12H,1,6-10H2,2-4H3. The molecule has 2 rings (SSSR count). The molecule has 2 aliphatic rings. The minimum Gasteiger partial charge on any atom is -0.391 e. The van der Waals surface area contributed by atoms with E-state index in [0.717, 1.165) is 25.4 Å². The van der Waals surface area contributed by atoms with Crippen LogP contribution >= 0.6 is 0 Å². The Kier molecular flexibility index (Phi) is 3.30. The summed E-state index contributed by atoms with van der Waals surface area (Å²) in [6.45, 7) is 11.4. The van der Waals surface area contributed by atoms with Crippen molar-refractivity contribution in [3.05, 3.63) is 12.7 Å². The lowest BCUT2D eigenvalue weighted by Crippen LogP contribution is -2.40. The zero-order valence-electron chi connectivity index (χ0n) is 10.8. The van der Waals surface area contributed by atoms with Crippen molar-refractivity contribution in [3.63, 3.8) is 0 Å². The molecule has 0 radical (unpaired) electrons. The summed E-state index contributed by atoms with van der Waals surface area (Å²) < 4.78 is 12.2. The van der Waals surface area contributed by atoms with Crippen LogP contribution < -0.4 is 0 Å². The topological polar surface area (TPSA) is 18.5 Å². The van der Waals surface area contributed by atoms with Crippen LogP contribution in [0.15, 0.2) is 12.7 Å². The van der Waals surface area contributed by atoms with Crippen molar-refractivity contribution in [2.24, 2.45) is 11.8 Å². The lowest BCUT2D eigenvalue weighted by molar-refractivity contribution is -0.151. The van der Waals surface area contributed by atoms with Gasteiger partial charge < -0.3 is 9.16 Å². The Labute approximate surface area is 100 Å². The van der Waals surface area contributed by atoms with Crippen molar-refractivity contribution < 1.29 is 9.16 Å². The van der Waals surface area contributed by atoms with Gasteiger partial charge in [-0.2, -0.15) is 0 Å². The van der Waals surface area contributed by atoms with Crippen LogP contribution in [0.25, 0.3) is 0 Å². The first-order chi connectivity index (χ1) is 7.47. The highest BCUT2D eigenvalue weighted by Gasteiger charge is 2.63. The molecule has 0 N–H and O–H groups in total. The van der Waals surface area contributed by atoms with Crippen molar-refractivity contribution in [1.29, 1.82) is 0 Å². The van der Waals surface area contributed by atoms with E-state index in [-0.39, 0.29) is 5.79 Å². The molecular formula is C13H24O2Si. The molecule has 1 heterocycles. The van der Waals surface area contributed by atoms with Gasteiger partial charge in [-0.3, -0.25) is 0 Å². The molecule has 0 aromatic heterocycles. The van der Waals surface area contributed by atoms with E-state index in [1.54, 1.807) is 0 Å². The van der Waals surface area contributed by atoms with Crippen molar-refractivity contribution >= 4 is 8.32 Å². The highest BCUT2D eigenvalue weighted by atomic mass is 28.4. The Hall–Kier alpha value is -0.123. The lowest BCUT2D eigenvalue weighted by Gasteiger charge is -2.33. The van der Waals surface area contributed by atoms with Gasteiger partial charge in [0, 0.05) is 12.3 Å². The van der Waals surface area contributed by atoms with Crippen LogP contribution in [-0.4, -0.2) is 20.7 Å². The fourth-order valence-corrected chi connectivity index (χ4v) is 4.20. The zero-order valence-corrected chi connectivity index (χ0v) is 11.8. The van der Waals surface area contributed by atoms with E-state index in [2.05, 4.69) is 26.2 Å². The van der Waals surface area contributed by atoms with Gasteiger partial charge >= 0.3 is 0 Å². The minimum absolute atomic E-state index is 0.172. The molecule has 0 spiro atoms. The second kappa shape index (κ2) is 4.28. The van der Waals surface area contributed by atoms with Crippen molar-refractivity contribution in [2.45, 2.75) is 51.1 Å². The molecule has 2 fully saturated rings. The summed E-state index contributed by atoms with van der Waals surface area (Å²) in [5.41, 5.74) is 0. The molecule has 16 heavy (non-hydrogen) atoms. The molecule has 1 saturated carbocycles. The average molecular weight is 240 g/mol. The van der Waals surface area contributed by atoms with E-state index in [9.17, 15) is 0 Å². The zero-order chi connectivity index (χ0) is 11.8. The van der Waals surface area contributed by atoms with Gasteiger partial charge in [-0.15, -0.1) is 6.58 Å². The summed E-state index contributed by atoms with van der Waals surface area (Å²) >= 11 is 0. The molecule has 0 bridgehead atoms. The second-order valence-corrected chi connectivity index (χ2v) is 10.5. The van der Waals surface area contributed by atoms with Crippen molar-refractivity contribution in [2.75, 3.05) is 6.61 Å². The molecule has 3 unspecified atom stereocenters. The molecule has 3 heteroatoms. The third-order valence-electron chi connectivity index (χ3n) is 3.53. The maximum atomic E-state index is 6.24.